The molecule has 5 rings (SSSR count). The van der Waals surface area contributed by atoms with E-state index in [2.05, 4.69) is 5.32 Å². The highest BCUT2D eigenvalue weighted by molar-refractivity contribution is 6.03. The topological polar surface area (TPSA) is 116 Å². The number of hydrogen-bond acceptors (Lipinski definition) is 7. The van der Waals surface area contributed by atoms with Crippen LogP contribution in [-0.4, -0.2) is 22.2 Å². The number of para-hydroxylation sites is 1. The van der Waals surface area contributed by atoms with E-state index >= 15 is 0 Å². The molecule has 3 aromatic carbocycles. The number of rotatable bonds is 6. The minimum absolute atomic E-state index is 0.0877. The molecule has 34 heavy (non-hydrogen) atoms. The fourth-order valence-electron chi connectivity index (χ4n) is 4.23. The SMILES string of the molecule is Cn1c(=O)c(C(=O)C[C@H](Nc2cccc(N)c2)c2ccc3c(c2)OCO3)c(O)c2ccccc21. The number of fused-ring (bicyclic) bond motifs is 2. The molecule has 0 aliphatic carbocycles. The van der Waals surface area contributed by atoms with E-state index in [1.165, 1.54) is 4.57 Å². The molecule has 1 aromatic heterocycles. The molecule has 0 saturated heterocycles. The molecular formula is C26H23N3O5. The quantitative estimate of drug-likeness (QED) is 0.296. The first-order valence-electron chi connectivity index (χ1n) is 10.8. The molecule has 0 radical (unpaired) electrons. The Morgan fingerprint density at radius 3 is 2.71 bits per heavy atom. The summed E-state index contributed by atoms with van der Waals surface area (Å²) < 4.78 is 12.3. The summed E-state index contributed by atoms with van der Waals surface area (Å²) in [7, 11) is 1.58. The fourth-order valence-corrected chi connectivity index (χ4v) is 4.23. The molecule has 4 N–H and O–H groups in total. The predicted octanol–water partition coefficient (Wildman–Crippen LogP) is 3.98. The second-order valence-electron chi connectivity index (χ2n) is 8.17. The third kappa shape index (κ3) is 3.79. The van der Waals surface area contributed by atoms with E-state index in [1.54, 1.807) is 61.6 Å². The highest BCUT2D eigenvalue weighted by Crippen LogP contribution is 2.37. The number of Topliss-reactive ketones (excluding diaryl/α,β-unsaturated/α-hetero) is 1. The van der Waals surface area contributed by atoms with Gasteiger partial charge in [-0.3, -0.25) is 9.59 Å². The highest BCUT2D eigenvalue weighted by Gasteiger charge is 2.26. The van der Waals surface area contributed by atoms with E-state index < -0.39 is 17.4 Å². The number of aryl methyl sites for hydroxylation is 1. The lowest BCUT2D eigenvalue weighted by atomic mass is 9.96. The summed E-state index contributed by atoms with van der Waals surface area (Å²) in [6.45, 7) is 0.131. The average molecular weight is 457 g/mol. The van der Waals surface area contributed by atoms with Gasteiger partial charge in [0.2, 0.25) is 6.79 Å². The van der Waals surface area contributed by atoms with Gasteiger partial charge >= 0.3 is 0 Å². The first kappa shape index (κ1) is 21.4. The zero-order valence-electron chi connectivity index (χ0n) is 18.4. The van der Waals surface area contributed by atoms with Crippen LogP contribution in [0.15, 0.2) is 71.5 Å². The van der Waals surface area contributed by atoms with Gasteiger partial charge in [-0.1, -0.05) is 24.3 Å². The molecule has 172 valence electrons. The van der Waals surface area contributed by atoms with Crippen molar-refractivity contribution >= 4 is 28.1 Å². The molecule has 0 spiro atoms. The van der Waals surface area contributed by atoms with Crippen molar-refractivity contribution in [1.29, 1.82) is 0 Å². The van der Waals surface area contributed by atoms with Gasteiger partial charge in [-0.05, 0) is 48.0 Å². The summed E-state index contributed by atoms with van der Waals surface area (Å²) in [6, 6.07) is 19.0. The van der Waals surface area contributed by atoms with Crippen LogP contribution in [0.3, 0.4) is 0 Å². The van der Waals surface area contributed by atoms with Crippen molar-refractivity contribution < 1.29 is 19.4 Å². The van der Waals surface area contributed by atoms with Crippen LogP contribution in [0.2, 0.25) is 0 Å². The zero-order chi connectivity index (χ0) is 23.8. The zero-order valence-corrected chi connectivity index (χ0v) is 18.4. The van der Waals surface area contributed by atoms with Crippen molar-refractivity contribution in [3.8, 4) is 17.2 Å². The minimum Gasteiger partial charge on any atom is -0.506 e. The van der Waals surface area contributed by atoms with Crippen molar-refractivity contribution in [3.63, 3.8) is 0 Å². The number of aromatic nitrogens is 1. The smallest absolute Gasteiger partial charge is 0.265 e. The first-order chi connectivity index (χ1) is 16.4. The minimum atomic E-state index is -0.547. The number of nitrogens with one attached hydrogen (secondary N) is 1. The van der Waals surface area contributed by atoms with Crippen LogP contribution < -0.4 is 26.1 Å². The third-order valence-corrected chi connectivity index (χ3v) is 5.97. The number of benzene rings is 3. The Morgan fingerprint density at radius 1 is 1.09 bits per heavy atom. The Hall–Kier alpha value is -4.46. The summed E-state index contributed by atoms with van der Waals surface area (Å²) in [5.74, 6) is 0.410. The van der Waals surface area contributed by atoms with Gasteiger partial charge in [-0.25, -0.2) is 0 Å². The number of anilines is 2. The lowest BCUT2D eigenvalue weighted by molar-refractivity contribution is 0.0972. The number of carbonyl (C=O) groups excluding carboxylic acids is 1. The standard InChI is InChI=1S/C26H23N3O5/c1-29-20-8-3-2-7-18(20)25(31)24(26(29)32)21(30)13-19(28-17-6-4-5-16(27)12-17)15-9-10-22-23(11-15)34-14-33-22/h2-12,19,28,31H,13-14,27H2,1H3/t19-/m0/s1. The fraction of sp³-hybridized carbons (Fsp3) is 0.154. The Kier molecular flexibility index (Phi) is 5.33. The molecule has 1 aliphatic rings. The van der Waals surface area contributed by atoms with Crippen molar-refractivity contribution in [2.75, 3.05) is 17.8 Å². The number of nitrogen functional groups attached to an aromatic ring is 1. The predicted molar refractivity (Wildman–Crippen MR) is 130 cm³/mol. The summed E-state index contributed by atoms with van der Waals surface area (Å²) in [6.07, 6.45) is -0.0877. The van der Waals surface area contributed by atoms with Gasteiger partial charge in [0.1, 0.15) is 11.3 Å². The monoisotopic (exact) mass is 457 g/mol. The molecule has 8 nitrogen and oxygen atoms in total. The van der Waals surface area contributed by atoms with Gasteiger partial charge in [0.25, 0.3) is 5.56 Å². The van der Waals surface area contributed by atoms with Gasteiger partial charge in [-0.15, -0.1) is 0 Å². The van der Waals surface area contributed by atoms with Crippen molar-refractivity contribution in [1.82, 2.24) is 4.57 Å². The molecule has 1 atom stereocenters. The van der Waals surface area contributed by atoms with Crippen LogP contribution in [0.5, 0.6) is 17.2 Å². The van der Waals surface area contributed by atoms with Crippen molar-refractivity contribution in [2.45, 2.75) is 12.5 Å². The van der Waals surface area contributed by atoms with Crippen LogP contribution in [0.25, 0.3) is 10.9 Å². The number of aromatic hydroxyl groups is 1. The number of ether oxygens (including phenoxy) is 2. The summed E-state index contributed by atoms with van der Waals surface area (Å²) in [4.78, 5) is 26.5. The second-order valence-corrected chi connectivity index (χ2v) is 8.17. The van der Waals surface area contributed by atoms with Crippen LogP contribution in [0.1, 0.15) is 28.4 Å². The molecule has 2 heterocycles. The van der Waals surface area contributed by atoms with Crippen LogP contribution in [-0.2, 0) is 7.05 Å². The van der Waals surface area contributed by atoms with E-state index in [1.807, 2.05) is 12.1 Å². The Balaban J connectivity index is 1.55. The number of carbonyl (C=O) groups is 1. The second kappa shape index (κ2) is 8.47. The Labute approximate surface area is 195 Å². The lowest BCUT2D eigenvalue weighted by Crippen LogP contribution is -2.26. The van der Waals surface area contributed by atoms with Gasteiger partial charge in [0.15, 0.2) is 17.3 Å². The van der Waals surface area contributed by atoms with Gasteiger partial charge < -0.3 is 30.2 Å². The molecule has 0 saturated carbocycles. The highest BCUT2D eigenvalue weighted by atomic mass is 16.7. The summed E-state index contributed by atoms with van der Waals surface area (Å²) in [5.41, 5.74) is 7.74. The van der Waals surface area contributed by atoms with Crippen molar-refractivity contribution in [3.05, 3.63) is 88.2 Å². The van der Waals surface area contributed by atoms with E-state index in [4.69, 9.17) is 15.2 Å². The van der Waals surface area contributed by atoms with Gasteiger partial charge in [0.05, 0.1) is 11.6 Å². The molecule has 1 aliphatic heterocycles. The van der Waals surface area contributed by atoms with Crippen LogP contribution in [0.4, 0.5) is 11.4 Å². The maximum atomic E-state index is 13.5. The van der Waals surface area contributed by atoms with Crippen LogP contribution >= 0.6 is 0 Å². The summed E-state index contributed by atoms with van der Waals surface area (Å²) in [5, 5.41) is 14.6. The number of ketones is 1. The molecule has 8 heteroatoms. The Bertz CT molecular complexity index is 1480. The molecule has 0 bridgehead atoms. The van der Waals surface area contributed by atoms with Crippen LogP contribution in [0, 0.1) is 0 Å². The molecule has 0 amide bonds. The largest absolute Gasteiger partial charge is 0.506 e. The maximum absolute atomic E-state index is 13.5. The molecule has 0 fully saturated rings. The van der Waals surface area contributed by atoms with E-state index in [-0.39, 0.29) is 24.5 Å². The van der Waals surface area contributed by atoms with E-state index in [0.717, 1.165) is 5.56 Å². The molecule has 0 unspecified atom stereocenters. The van der Waals surface area contributed by atoms with Gasteiger partial charge in [0, 0.05) is 30.2 Å². The van der Waals surface area contributed by atoms with Crippen molar-refractivity contribution in [2.24, 2.45) is 7.05 Å². The number of nitrogens with two attached hydrogens (primary N) is 1. The Morgan fingerprint density at radius 2 is 1.88 bits per heavy atom. The lowest BCUT2D eigenvalue weighted by Gasteiger charge is -2.21. The van der Waals surface area contributed by atoms with E-state index in [9.17, 15) is 14.7 Å². The number of pyridine rings is 1. The third-order valence-electron chi connectivity index (χ3n) is 5.97. The maximum Gasteiger partial charge on any atom is 0.265 e. The molecular weight excluding hydrogens is 434 g/mol. The normalized spacial score (nSPS) is 13.1. The number of nitrogens with zero attached hydrogens (tertiary/aromatic N) is 1. The molecule has 4 aromatic rings. The number of hydrogen-bond donors (Lipinski definition) is 3. The van der Waals surface area contributed by atoms with Gasteiger partial charge in [-0.2, -0.15) is 0 Å². The first-order valence-corrected chi connectivity index (χ1v) is 10.8. The van der Waals surface area contributed by atoms with E-state index in [0.29, 0.717) is 33.8 Å². The average Bonchev–Trinajstić information content (AvgIpc) is 3.30. The summed E-state index contributed by atoms with van der Waals surface area (Å²) >= 11 is 0.